The third-order valence-corrected chi connectivity index (χ3v) is 4.52. The fourth-order valence-electron chi connectivity index (χ4n) is 3.15. The van der Waals surface area contributed by atoms with Gasteiger partial charge < -0.3 is 5.11 Å². The Balaban J connectivity index is 2.48. The molecule has 1 nitrogen and oxygen atoms in total. The van der Waals surface area contributed by atoms with E-state index in [1.165, 1.54) is 31.3 Å². The van der Waals surface area contributed by atoms with Crippen molar-refractivity contribution in [2.24, 2.45) is 0 Å². The number of benzene rings is 2. The molecule has 1 N–H and O–H groups in total. The molecule has 0 radical (unpaired) electrons. The molecule has 0 saturated carbocycles. The Morgan fingerprint density at radius 3 is 1.79 bits per heavy atom. The summed E-state index contributed by atoms with van der Waals surface area (Å²) in [6.07, 6.45) is 6.30. The van der Waals surface area contributed by atoms with Crippen LogP contribution in [0.25, 0.3) is 5.57 Å². The van der Waals surface area contributed by atoms with Crippen molar-refractivity contribution in [3.63, 3.8) is 0 Å². The molecule has 0 aromatic heterocycles. The summed E-state index contributed by atoms with van der Waals surface area (Å²) in [5.41, 5.74) is 4.66. The summed E-state index contributed by atoms with van der Waals surface area (Å²) in [6.45, 7) is 4.46. The summed E-state index contributed by atoms with van der Waals surface area (Å²) in [6, 6.07) is 20.4. The van der Waals surface area contributed by atoms with E-state index in [2.05, 4.69) is 38.1 Å². The van der Waals surface area contributed by atoms with Crippen molar-refractivity contribution in [3.05, 3.63) is 77.4 Å². The van der Waals surface area contributed by atoms with Crippen LogP contribution in [0.3, 0.4) is 0 Å². The molecule has 0 amide bonds. The molecule has 2 rings (SSSR count). The van der Waals surface area contributed by atoms with Crippen molar-refractivity contribution in [1.82, 2.24) is 0 Å². The number of unbranched alkanes of at least 4 members (excludes halogenated alkanes) is 2. The molecule has 128 valence electrons. The first kappa shape index (κ1) is 18.5. The highest BCUT2D eigenvalue weighted by Crippen LogP contribution is 2.36. The first-order chi connectivity index (χ1) is 11.8. The van der Waals surface area contributed by atoms with Gasteiger partial charge in [-0.1, -0.05) is 92.9 Å². The lowest BCUT2D eigenvalue weighted by atomic mass is 9.87. The van der Waals surface area contributed by atoms with Gasteiger partial charge in [-0.3, -0.25) is 0 Å². The van der Waals surface area contributed by atoms with Crippen LogP contribution in [-0.2, 0) is 0 Å². The van der Waals surface area contributed by atoms with E-state index in [9.17, 15) is 5.11 Å². The molecule has 0 spiro atoms. The topological polar surface area (TPSA) is 20.2 Å². The molecular weight excluding hydrogens is 292 g/mol. The predicted molar refractivity (Wildman–Crippen MR) is 104 cm³/mol. The van der Waals surface area contributed by atoms with E-state index >= 15 is 0 Å². The predicted octanol–water partition coefficient (Wildman–Crippen LogP) is 6.55. The van der Waals surface area contributed by atoms with Crippen LogP contribution in [0.5, 0.6) is 0 Å². The van der Waals surface area contributed by atoms with Crippen molar-refractivity contribution < 1.29 is 5.11 Å². The third-order valence-electron chi connectivity index (χ3n) is 4.52. The number of aliphatic hydroxyl groups excluding tert-OH is 1. The Morgan fingerprint density at radius 2 is 1.29 bits per heavy atom. The van der Waals surface area contributed by atoms with Gasteiger partial charge in [-0.2, -0.15) is 0 Å². The number of rotatable bonds is 9. The maximum absolute atomic E-state index is 11.1. The second-order valence-electron chi connectivity index (χ2n) is 6.40. The summed E-state index contributed by atoms with van der Waals surface area (Å²) in [5.74, 6) is 0. The van der Waals surface area contributed by atoms with E-state index in [0.717, 1.165) is 29.5 Å². The second kappa shape index (κ2) is 10.1. The minimum atomic E-state index is -0.558. The summed E-state index contributed by atoms with van der Waals surface area (Å²) in [4.78, 5) is 0. The maximum Gasteiger partial charge on any atom is 0.105 e. The Labute approximate surface area is 147 Å². The summed E-state index contributed by atoms with van der Waals surface area (Å²) >= 11 is 0. The summed E-state index contributed by atoms with van der Waals surface area (Å²) in [5, 5.41) is 11.1. The molecule has 1 heteroatoms. The zero-order valence-corrected chi connectivity index (χ0v) is 15.0. The Morgan fingerprint density at radius 1 is 0.792 bits per heavy atom. The minimum Gasteiger partial charge on any atom is -0.384 e. The Hall–Kier alpha value is -1.86. The standard InChI is InChI=1S/C23H30O/c1-3-5-13-19(14-6-4-2)22(20-15-9-7-10-16-20)23(24)21-17-11-8-12-18-21/h7-12,15-18,23-24H,3-6,13-14H2,1-2H3. The lowest BCUT2D eigenvalue weighted by Gasteiger charge is -2.22. The van der Waals surface area contributed by atoms with Crippen LogP contribution in [0.2, 0.25) is 0 Å². The van der Waals surface area contributed by atoms with Gasteiger partial charge in [0, 0.05) is 0 Å². The summed E-state index contributed by atoms with van der Waals surface area (Å²) < 4.78 is 0. The van der Waals surface area contributed by atoms with Gasteiger partial charge in [-0.15, -0.1) is 0 Å². The van der Waals surface area contributed by atoms with E-state index in [1.54, 1.807) is 0 Å². The van der Waals surface area contributed by atoms with Crippen molar-refractivity contribution in [3.8, 4) is 0 Å². The average Bonchev–Trinajstić information content (AvgIpc) is 2.65. The number of hydrogen-bond acceptors (Lipinski definition) is 1. The molecule has 0 bridgehead atoms. The van der Waals surface area contributed by atoms with Gasteiger partial charge in [0.15, 0.2) is 0 Å². The van der Waals surface area contributed by atoms with Crippen molar-refractivity contribution in [2.45, 2.75) is 58.5 Å². The van der Waals surface area contributed by atoms with Crippen LogP contribution >= 0.6 is 0 Å². The highest BCUT2D eigenvalue weighted by atomic mass is 16.3. The van der Waals surface area contributed by atoms with Gasteiger partial charge >= 0.3 is 0 Å². The van der Waals surface area contributed by atoms with Gasteiger partial charge in [-0.25, -0.2) is 0 Å². The normalized spacial score (nSPS) is 12.0. The summed E-state index contributed by atoms with van der Waals surface area (Å²) in [7, 11) is 0. The van der Waals surface area contributed by atoms with Gasteiger partial charge in [-0.05, 0) is 42.4 Å². The molecule has 0 saturated heterocycles. The highest BCUT2D eigenvalue weighted by molar-refractivity contribution is 5.73. The molecule has 1 unspecified atom stereocenters. The first-order valence-corrected chi connectivity index (χ1v) is 9.28. The molecule has 2 aromatic carbocycles. The number of hydrogen-bond donors (Lipinski definition) is 1. The molecule has 2 aromatic rings. The fourth-order valence-corrected chi connectivity index (χ4v) is 3.15. The molecule has 0 fully saturated rings. The largest absolute Gasteiger partial charge is 0.384 e. The van der Waals surface area contributed by atoms with E-state index in [0.29, 0.717) is 0 Å². The van der Waals surface area contributed by atoms with Crippen LogP contribution < -0.4 is 0 Å². The van der Waals surface area contributed by atoms with Gasteiger partial charge in [0.25, 0.3) is 0 Å². The second-order valence-corrected chi connectivity index (χ2v) is 6.40. The molecule has 0 aliphatic rings. The van der Waals surface area contributed by atoms with E-state index < -0.39 is 6.10 Å². The van der Waals surface area contributed by atoms with Gasteiger partial charge in [0.05, 0.1) is 0 Å². The molecule has 0 aliphatic heterocycles. The fraction of sp³-hybridized carbons (Fsp3) is 0.391. The van der Waals surface area contributed by atoms with Crippen molar-refractivity contribution in [1.29, 1.82) is 0 Å². The van der Waals surface area contributed by atoms with Crippen LogP contribution in [-0.4, -0.2) is 5.11 Å². The zero-order valence-electron chi connectivity index (χ0n) is 15.0. The monoisotopic (exact) mass is 322 g/mol. The Kier molecular flexibility index (Phi) is 7.77. The van der Waals surface area contributed by atoms with Crippen molar-refractivity contribution >= 4 is 5.57 Å². The first-order valence-electron chi connectivity index (χ1n) is 9.28. The quantitative estimate of drug-likeness (QED) is 0.554. The number of aliphatic hydroxyl groups is 1. The maximum atomic E-state index is 11.1. The highest BCUT2D eigenvalue weighted by Gasteiger charge is 2.19. The van der Waals surface area contributed by atoms with Gasteiger partial charge in [0.1, 0.15) is 6.10 Å². The molecule has 24 heavy (non-hydrogen) atoms. The zero-order chi connectivity index (χ0) is 17.2. The van der Waals surface area contributed by atoms with Gasteiger partial charge in [0.2, 0.25) is 0 Å². The molecule has 0 aliphatic carbocycles. The van der Waals surface area contributed by atoms with E-state index in [4.69, 9.17) is 0 Å². The molecule has 1 atom stereocenters. The van der Waals surface area contributed by atoms with E-state index in [1.807, 2.05) is 36.4 Å². The van der Waals surface area contributed by atoms with Crippen LogP contribution in [0, 0.1) is 0 Å². The van der Waals surface area contributed by atoms with Crippen molar-refractivity contribution in [2.75, 3.05) is 0 Å². The SMILES string of the molecule is CCCCC(CCCC)=C(c1ccccc1)C(O)c1ccccc1. The van der Waals surface area contributed by atoms with E-state index in [-0.39, 0.29) is 0 Å². The Bertz CT molecular complexity index is 603. The third kappa shape index (κ3) is 5.07. The molecule has 0 heterocycles. The van der Waals surface area contributed by atoms with Crippen LogP contribution in [0.15, 0.2) is 66.2 Å². The lowest BCUT2D eigenvalue weighted by Crippen LogP contribution is -2.05. The molecular formula is C23H30O. The minimum absolute atomic E-state index is 0.558. The van der Waals surface area contributed by atoms with Crippen LogP contribution in [0.1, 0.15) is 69.6 Å². The number of allylic oxidation sites excluding steroid dienone is 1. The van der Waals surface area contributed by atoms with Crippen LogP contribution in [0.4, 0.5) is 0 Å². The average molecular weight is 322 g/mol. The smallest absolute Gasteiger partial charge is 0.105 e. The lowest BCUT2D eigenvalue weighted by molar-refractivity contribution is 0.237.